The van der Waals surface area contributed by atoms with Crippen LogP contribution in [0.4, 0.5) is 11.6 Å². The van der Waals surface area contributed by atoms with Crippen LogP contribution >= 0.6 is 0 Å². The van der Waals surface area contributed by atoms with E-state index in [1.165, 1.54) is 16.7 Å². The number of carbonyl (C=O) groups is 1. The number of aromatic nitrogens is 2. The Bertz CT molecular complexity index is 1100. The van der Waals surface area contributed by atoms with Gasteiger partial charge in [0.2, 0.25) is 11.8 Å². The summed E-state index contributed by atoms with van der Waals surface area (Å²) in [4.78, 5) is 23.8. The Balaban J connectivity index is 1.43. The first-order valence-electron chi connectivity index (χ1n) is 10.6. The zero-order valence-electron chi connectivity index (χ0n) is 18.5. The van der Waals surface area contributed by atoms with Gasteiger partial charge in [-0.05, 0) is 56.4 Å². The number of amides is 1. The predicted octanol–water partition coefficient (Wildman–Crippen LogP) is 4.29. The molecule has 1 amide bonds. The molecule has 0 aliphatic carbocycles. The third-order valence-electron chi connectivity index (χ3n) is 5.52. The van der Waals surface area contributed by atoms with E-state index in [1.54, 1.807) is 6.07 Å². The lowest BCUT2D eigenvalue weighted by molar-refractivity contribution is -0.118. The van der Waals surface area contributed by atoms with E-state index in [9.17, 15) is 4.79 Å². The van der Waals surface area contributed by atoms with Crippen molar-refractivity contribution in [2.24, 2.45) is 0 Å². The molecule has 3 aromatic rings. The molecule has 0 saturated carbocycles. The molecule has 6 heteroatoms. The number of hydrogen-bond acceptors (Lipinski definition) is 5. The number of benzene rings is 2. The second-order valence-corrected chi connectivity index (χ2v) is 8.20. The molecule has 0 unspecified atom stereocenters. The molecule has 0 fully saturated rings. The van der Waals surface area contributed by atoms with Crippen molar-refractivity contribution in [3.63, 3.8) is 0 Å². The first kappa shape index (κ1) is 20.8. The van der Waals surface area contributed by atoms with Gasteiger partial charge >= 0.3 is 0 Å². The fourth-order valence-corrected chi connectivity index (χ4v) is 4.10. The third-order valence-corrected chi connectivity index (χ3v) is 5.52. The van der Waals surface area contributed by atoms with E-state index in [4.69, 9.17) is 4.74 Å². The average Bonchev–Trinajstić information content (AvgIpc) is 2.74. The Morgan fingerprint density at radius 2 is 1.74 bits per heavy atom. The van der Waals surface area contributed by atoms with Crippen LogP contribution in [0.15, 0.2) is 42.5 Å². The Morgan fingerprint density at radius 3 is 2.48 bits per heavy atom. The average molecular weight is 417 g/mol. The lowest BCUT2D eigenvalue weighted by atomic mass is 10.0. The van der Waals surface area contributed by atoms with Gasteiger partial charge in [0, 0.05) is 30.5 Å². The Labute approximate surface area is 183 Å². The summed E-state index contributed by atoms with van der Waals surface area (Å²) in [5.41, 5.74) is 7.57. The summed E-state index contributed by atoms with van der Waals surface area (Å²) in [5, 5.41) is 2.96. The summed E-state index contributed by atoms with van der Waals surface area (Å²) in [6.07, 6.45) is 0.960. The predicted molar refractivity (Wildman–Crippen MR) is 123 cm³/mol. The molecule has 0 atom stereocenters. The highest BCUT2D eigenvalue weighted by Gasteiger charge is 2.19. The molecule has 1 N–H and O–H groups in total. The van der Waals surface area contributed by atoms with Crippen LogP contribution in [0.5, 0.6) is 5.88 Å². The highest BCUT2D eigenvalue weighted by Crippen LogP contribution is 2.24. The van der Waals surface area contributed by atoms with E-state index >= 15 is 0 Å². The van der Waals surface area contributed by atoms with Crippen LogP contribution < -0.4 is 15.0 Å². The van der Waals surface area contributed by atoms with Crippen LogP contribution in [-0.4, -0.2) is 29.0 Å². The SMILES string of the molecule is Cc1cc(C)c(NC(=O)COc2cc(C)nc(N3CCc4ccccc4C3)n2)c(C)c1. The molecule has 160 valence electrons. The van der Waals surface area contributed by atoms with Crippen molar-refractivity contribution < 1.29 is 9.53 Å². The smallest absolute Gasteiger partial charge is 0.262 e. The molecule has 2 aromatic carbocycles. The van der Waals surface area contributed by atoms with E-state index in [1.807, 2.05) is 27.7 Å². The van der Waals surface area contributed by atoms with Gasteiger partial charge in [0.15, 0.2) is 6.61 Å². The molecule has 0 spiro atoms. The van der Waals surface area contributed by atoms with Gasteiger partial charge in [0.1, 0.15) is 0 Å². The third kappa shape index (κ3) is 4.85. The number of aryl methyl sites for hydroxylation is 4. The zero-order chi connectivity index (χ0) is 22.0. The highest BCUT2D eigenvalue weighted by molar-refractivity contribution is 5.93. The molecule has 1 aliphatic heterocycles. The van der Waals surface area contributed by atoms with Crippen molar-refractivity contribution in [1.82, 2.24) is 9.97 Å². The van der Waals surface area contributed by atoms with Crippen LogP contribution in [0, 0.1) is 27.7 Å². The Kier molecular flexibility index (Phi) is 5.89. The van der Waals surface area contributed by atoms with E-state index in [-0.39, 0.29) is 12.5 Å². The first-order valence-corrected chi connectivity index (χ1v) is 10.6. The molecule has 1 aliphatic rings. The van der Waals surface area contributed by atoms with Gasteiger partial charge in [-0.1, -0.05) is 42.0 Å². The van der Waals surface area contributed by atoms with Gasteiger partial charge in [0.25, 0.3) is 5.91 Å². The molecule has 4 rings (SSSR count). The van der Waals surface area contributed by atoms with Gasteiger partial charge in [-0.2, -0.15) is 4.98 Å². The zero-order valence-corrected chi connectivity index (χ0v) is 18.5. The topological polar surface area (TPSA) is 67.3 Å². The number of rotatable bonds is 5. The number of fused-ring (bicyclic) bond motifs is 1. The van der Waals surface area contributed by atoms with E-state index in [0.717, 1.165) is 42.0 Å². The minimum atomic E-state index is -0.209. The van der Waals surface area contributed by atoms with Crippen molar-refractivity contribution in [2.45, 2.75) is 40.7 Å². The van der Waals surface area contributed by atoms with Crippen LogP contribution in [0.25, 0.3) is 0 Å². The summed E-state index contributed by atoms with van der Waals surface area (Å²) < 4.78 is 5.74. The normalized spacial score (nSPS) is 13.0. The maximum absolute atomic E-state index is 12.5. The van der Waals surface area contributed by atoms with Gasteiger partial charge in [0.05, 0.1) is 0 Å². The number of hydrogen-bond donors (Lipinski definition) is 1. The Hall–Kier alpha value is -3.41. The Morgan fingerprint density at radius 1 is 1.03 bits per heavy atom. The summed E-state index contributed by atoms with van der Waals surface area (Å²) in [7, 11) is 0. The molecule has 31 heavy (non-hydrogen) atoms. The molecule has 0 radical (unpaired) electrons. The molecular weight excluding hydrogens is 388 g/mol. The van der Waals surface area contributed by atoms with E-state index in [2.05, 4.69) is 56.6 Å². The molecule has 2 heterocycles. The monoisotopic (exact) mass is 416 g/mol. The minimum absolute atomic E-state index is 0.106. The van der Waals surface area contributed by atoms with Crippen LogP contribution in [0.1, 0.15) is 33.5 Å². The lowest BCUT2D eigenvalue weighted by Crippen LogP contribution is -2.32. The van der Waals surface area contributed by atoms with Crippen LogP contribution in [0.3, 0.4) is 0 Å². The summed E-state index contributed by atoms with van der Waals surface area (Å²) in [5.74, 6) is 0.837. The second kappa shape index (κ2) is 8.76. The molecule has 0 bridgehead atoms. The second-order valence-electron chi connectivity index (χ2n) is 8.20. The standard InChI is InChI=1S/C25H28N4O2/c1-16-11-17(2)24(18(3)12-16)27-22(30)15-31-23-13-19(4)26-25(28-23)29-10-9-20-7-5-6-8-21(20)14-29/h5-8,11-13H,9-10,14-15H2,1-4H3,(H,27,30). The van der Waals surface area contributed by atoms with Crippen molar-refractivity contribution in [3.8, 4) is 5.88 Å². The summed E-state index contributed by atoms with van der Waals surface area (Å²) >= 11 is 0. The number of nitrogens with one attached hydrogen (secondary N) is 1. The number of anilines is 2. The number of carbonyl (C=O) groups excluding carboxylic acids is 1. The fourth-order valence-electron chi connectivity index (χ4n) is 4.10. The highest BCUT2D eigenvalue weighted by atomic mass is 16.5. The fraction of sp³-hybridized carbons (Fsp3) is 0.320. The molecular formula is C25H28N4O2. The van der Waals surface area contributed by atoms with Crippen LogP contribution in [-0.2, 0) is 17.8 Å². The van der Waals surface area contributed by atoms with Crippen LogP contribution in [0.2, 0.25) is 0 Å². The van der Waals surface area contributed by atoms with E-state index < -0.39 is 0 Å². The number of nitrogens with zero attached hydrogens (tertiary/aromatic N) is 3. The van der Waals surface area contributed by atoms with Gasteiger partial charge in [-0.25, -0.2) is 4.98 Å². The van der Waals surface area contributed by atoms with Crippen molar-refractivity contribution in [2.75, 3.05) is 23.4 Å². The largest absolute Gasteiger partial charge is 0.467 e. The van der Waals surface area contributed by atoms with Crippen molar-refractivity contribution in [3.05, 3.63) is 76.0 Å². The van der Waals surface area contributed by atoms with Crippen molar-refractivity contribution >= 4 is 17.5 Å². The first-order chi connectivity index (χ1) is 14.9. The lowest BCUT2D eigenvalue weighted by Gasteiger charge is -2.29. The molecule has 6 nitrogen and oxygen atoms in total. The van der Waals surface area contributed by atoms with E-state index in [0.29, 0.717) is 11.8 Å². The summed E-state index contributed by atoms with van der Waals surface area (Å²) in [6.45, 7) is 9.46. The minimum Gasteiger partial charge on any atom is -0.467 e. The maximum atomic E-state index is 12.5. The molecule has 0 saturated heterocycles. The number of ether oxygens (including phenoxy) is 1. The quantitative estimate of drug-likeness (QED) is 0.672. The van der Waals surface area contributed by atoms with Gasteiger partial charge in [-0.3, -0.25) is 4.79 Å². The van der Waals surface area contributed by atoms with Gasteiger partial charge < -0.3 is 15.0 Å². The van der Waals surface area contributed by atoms with Gasteiger partial charge in [-0.15, -0.1) is 0 Å². The maximum Gasteiger partial charge on any atom is 0.262 e. The van der Waals surface area contributed by atoms with Crippen molar-refractivity contribution in [1.29, 1.82) is 0 Å². The summed E-state index contributed by atoms with van der Waals surface area (Å²) in [6, 6.07) is 14.3. The molecule has 1 aromatic heterocycles.